The monoisotopic (exact) mass is 310 g/mol. The minimum atomic E-state index is 0.580. The van der Waals surface area contributed by atoms with Crippen LogP contribution in [0.1, 0.15) is 12.8 Å². The van der Waals surface area contributed by atoms with E-state index in [1.54, 1.807) is 0 Å². The predicted octanol–water partition coefficient (Wildman–Crippen LogP) is 1.88. The van der Waals surface area contributed by atoms with Gasteiger partial charge < -0.3 is 10.2 Å². The standard InChI is InChI=1S/C14H22N4S2/c1-3-12(17-13-10-19-7-8-20-11-13)9-18(6-1)14-15-4-2-5-16-14/h2,4-5,12-13,17H,1,3,6-11H2/t12-/m1/s1. The van der Waals surface area contributed by atoms with Crippen LogP contribution in [-0.4, -0.2) is 58.2 Å². The van der Waals surface area contributed by atoms with Crippen LogP contribution in [0.3, 0.4) is 0 Å². The first kappa shape index (κ1) is 14.5. The van der Waals surface area contributed by atoms with E-state index in [1.807, 2.05) is 18.5 Å². The maximum atomic E-state index is 4.38. The molecule has 2 aliphatic rings. The fourth-order valence-electron chi connectivity index (χ4n) is 2.80. The Morgan fingerprint density at radius 3 is 2.60 bits per heavy atom. The number of hydrogen-bond donors (Lipinski definition) is 1. The molecule has 1 N–H and O–H groups in total. The van der Waals surface area contributed by atoms with E-state index in [-0.39, 0.29) is 0 Å². The van der Waals surface area contributed by atoms with Crippen molar-refractivity contribution in [3.8, 4) is 0 Å². The van der Waals surface area contributed by atoms with Gasteiger partial charge in [0.15, 0.2) is 0 Å². The van der Waals surface area contributed by atoms with Crippen LogP contribution in [-0.2, 0) is 0 Å². The lowest BCUT2D eigenvalue weighted by molar-refractivity contribution is 0.396. The summed E-state index contributed by atoms with van der Waals surface area (Å²) in [6.07, 6.45) is 6.16. The van der Waals surface area contributed by atoms with Gasteiger partial charge in [-0.3, -0.25) is 0 Å². The highest BCUT2D eigenvalue weighted by atomic mass is 32.2. The highest BCUT2D eigenvalue weighted by molar-refractivity contribution is 8.03. The molecule has 1 aromatic rings. The first-order valence-corrected chi connectivity index (χ1v) is 9.66. The molecule has 0 saturated carbocycles. The van der Waals surface area contributed by atoms with Crippen LogP contribution in [0.15, 0.2) is 18.5 Å². The molecule has 2 aliphatic heterocycles. The van der Waals surface area contributed by atoms with E-state index in [1.165, 1.54) is 35.9 Å². The molecule has 0 aromatic carbocycles. The van der Waals surface area contributed by atoms with Crippen molar-refractivity contribution in [3.63, 3.8) is 0 Å². The molecule has 0 bridgehead atoms. The van der Waals surface area contributed by atoms with Crippen molar-refractivity contribution in [2.45, 2.75) is 24.9 Å². The Bertz CT molecular complexity index is 395. The van der Waals surface area contributed by atoms with Crippen molar-refractivity contribution in [1.82, 2.24) is 15.3 Å². The Morgan fingerprint density at radius 2 is 1.85 bits per heavy atom. The lowest BCUT2D eigenvalue weighted by Crippen LogP contribution is -2.50. The topological polar surface area (TPSA) is 41.1 Å². The normalized spacial score (nSPS) is 25.4. The molecule has 0 amide bonds. The molecule has 1 atom stereocenters. The smallest absolute Gasteiger partial charge is 0.225 e. The van der Waals surface area contributed by atoms with Crippen molar-refractivity contribution in [3.05, 3.63) is 18.5 Å². The third-order valence-electron chi connectivity index (χ3n) is 3.74. The molecule has 0 radical (unpaired) electrons. The van der Waals surface area contributed by atoms with Crippen LogP contribution in [0.2, 0.25) is 0 Å². The zero-order valence-corrected chi connectivity index (χ0v) is 13.3. The lowest BCUT2D eigenvalue weighted by Gasteiger charge is -2.35. The first-order valence-electron chi connectivity index (χ1n) is 7.35. The van der Waals surface area contributed by atoms with Gasteiger partial charge >= 0.3 is 0 Å². The average Bonchev–Trinajstić information content (AvgIpc) is 2.77. The Balaban J connectivity index is 1.55. The molecule has 20 heavy (non-hydrogen) atoms. The number of hydrogen-bond acceptors (Lipinski definition) is 6. The van der Waals surface area contributed by atoms with Crippen LogP contribution < -0.4 is 10.2 Å². The fourth-order valence-corrected chi connectivity index (χ4v) is 5.22. The molecule has 2 fully saturated rings. The number of piperidine rings is 1. The van der Waals surface area contributed by atoms with E-state index in [9.17, 15) is 0 Å². The number of nitrogens with zero attached hydrogens (tertiary/aromatic N) is 3. The maximum absolute atomic E-state index is 4.38. The molecule has 3 rings (SSSR count). The number of anilines is 1. The molecular weight excluding hydrogens is 288 g/mol. The van der Waals surface area contributed by atoms with Crippen LogP contribution >= 0.6 is 23.5 Å². The Hall–Kier alpha value is -0.460. The van der Waals surface area contributed by atoms with Gasteiger partial charge in [0.1, 0.15) is 0 Å². The van der Waals surface area contributed by atoms with Gasteiger partial charge in [-0.2, -0.15) is 23.5 Å². The van der Waals surface area contributed by atoms with E-state index in [2.05, 4.69) is 43.7 Å². The van der Waals surface area contributed by atoms with E-state index in [0.29, 0.717) is 12.1 Å². The van der Waals surface area contributed by atoms with Crippen molar-refractivity contribution in [1.29, 1.82) is 0 Å². The summed E-state index contributed by atoms with van der Waals surface area (Å²) >= 11 is 4.18. The second-order valence-electron chi connectivity index (χ2n) is 5.35. The summed E-state index contributed by atoms with van der Waals surface area (Å²) in [5.41, 5.74) is 0. The lowest BCUT2D eigenvalue weighted by atomic mass is 10.1. The van der Waals surface area contributed by atoms with Crippen molar-refractivity contribution in [2.24, 2.45) is 0 Å². The molecule has 0 spiro atoms. The minimum Gasteiger partial charge on any atom is -0.339 e. The third-order valence-corrected chi connectivity index (χ3v) is 6.26. The zero-order chi connectivity index (χ0) is 13.6. The Kier molecular flexibility index (Phi) is 5.44. The number of nitrogens with one attached hydrogen (secondary N) is 1. The van der Waals surface area contributed by atoms with E-state index < -0.39 is 0 Å². The van der Waals surface area contributed by atoms with Gasteiger partial charge in [0.05, 0.1) is 0 Å². The number of thioether (sulfide) groups is 2. The van der Waals surface area contributed by atoms with Gasteiger partial charge in [-0.1, -0.05) is 0 Å². The van der Waals surface area contributed by atoms with Gasteiger partial charge in [-0.05, 0) is 18.9 Å². The third kappa shape index (κ3) is 4.02. The summed E-state index contributed by atoms with van der Waals surface area (Å²) in [6, 6.07) is 3.12. The summed E-state index contributed by atoms with van der Waals surface area (Å²) in [6.45, 7) is 2.12. The van der Waals surface area contributed by atoms with Gasteiger partial charge in [0.25, 0.3) is 0 Å². The second kappa shape index (κ2) is 7.52. The summed E-state index contributed by atoms with van der Waals surface area (Å²) in [7, 11) is 0. The average molecular weight is 310 g/mol. The number of aromatic nitrogens is 2. The van der Waals surface area contributed by atoms with Gasteiger partial charge in [-0.15, -0.1) is 0 Å². The van der Waals surface area contributed by atoms with E-state index in [0.717, 1.165) is 19.0 Å². The molecule has 3 heterocycles. The Labute approximate surface area is 129 Å². The summed E-state index contributed by atoms with van der Waals surface area (Å²) in [5, 5.41) is 3.86. The molecule has 4 nitrogen and oxygen atoms in total. The molecule has 6 heteroatoms. The molecule has 0 aliphatic carbocycles. The van der Waals surface area contributed by atoms with Gasteiger partial charge in [-0.25, -0.2) is 9.97 Å². The fraction of sp³-hybridized carbons (Fsp3) is 0.714. The highest BCUT2D eigenvalue weighted by Gasteiger charge is 2.24. The van der Waals surface area contributed by atoms with Crippen LogP contribution in [0.4, 0.5) is 5.95 Å². The summed E-state index contributed by atoms with van der Waals surface area (Å²) < 4.78 is 0. The summed E-state index contributed by atoms with van der Waals surface area (Å²) in [5.74, 6) is 6.00. The first-order chi connectivity index (χ1) is 9.92. The largest absolute Gasteiger partial charge is 0.339 e. The van der Waals surface area contributed by atoms with Crippen molar-refractivity contribution >= 4 is 29.5 Å². The molecule has 2 saturated heterocycles. The molecule has 1 aromatic heterocycles. The number of rotatable bonds is 3. The van der Waals surface area contributed by atoms with Crippen LogP contribution in [0, 0.1) is 0 Å². The molecular formula is C14H22N4S2. The van der Waals surface area contributed by atoms with E-state index >= 15 is 0 Å². The van der Waals surface area contributed by atoms with Crippen LogP contribution in [0.25, 0.3) is 0 Å². The second-order valence-corrected chi connectivity index (χ2v) is 7.65. The van der Waals surface area contributed by atoms with Gasteiger partial charge in [0.2, 0.25) is 5.95 Å². The quantitative estimate of drug-likeness (QED) is 0.919. The van der Waals surface area contributed by atoms with Gasteiger partial charge in [0, 0.05) is 60.6 Å². The maximum Gasteiger partial charge on any atom is 0.225 e. The Morgan fingerprint density at radius 1 is 1.10 bits per heavy atom. The van der Waals surface area contributed by atoms with Crippen molar-refractivity contribution in [2.75, 3.05) is 41.0 Å². The zero-order valence-electron chi connectivity index (χ0n) is 11.7. The van der Waals surface area contributed by atoms with Crippen molar-refractivity contribution < 1.29 is 0 Å². The molecule has 0 unspecified atom stereocenters. The minimum absolute atomic E-state index is 0.580. The van der Waals surface area contributed by atoms with E-state index in [4.69, 9.17) is 0 Å². The SMILES string of the molecule is c1cnc(N2CCC[C@@H](NC3CSCCSC3)C2)nc1. The summed E-state index contributed by atoms with van der Waals surface area (Å²) in [4.78, 5) is 11.1. The highest BCUT2D eigenvalue weighted by Crippen LogP contribution is 2.20. The molecule has 110 valence electrons. The predicted molar refractivity (Wildman–Crippen MR) is 88.8 cm³/mol. The van der Waals surface area contributed by atoms with Crippen LogP contribution in [0.5, 0.6) is 0 Å².